The second-order valence-corrected chi connectivity index (χ2v) is 17.2. The van der Waals surface area contributed by atoms with Crippen molar-refractivity contribution in [2.24, 2.45) is 0 Å². The normalized spacial score (nSPS) is 13.4. The second-order valence-electron chi connectivity index (χ2n) is 17.2. The van der Waals surface area contributed by atoms with Crippen LogP contribution in [-0.4, -0.2) is 46.9 Å². The molecule has 0 rings (SSSR count). The number of aliphatic hydroxyl groups excluding tert-OH is 2. The molecule has 57 heavy (non-hydrogen) atoms. The Balaban J connectivity index is 4.46. The van der Waals surface area contributed by atoms with Gasteiger partial charge in [-0.2, -0.15) is 0 Å². The highest BCUT2D eigenvalue weighted by Crippen LogP contribution is 2.18. The molecule has 0 aliphatic heterocycles. The van der Waals surface area contributed by atoms with Gasteiger partial charge in [0.25, 0.3) is 0 Å². The lowest BCUT2D eigenvalue weighted by Gasteiger charge is -2.24. The summed E-state index contributed by atoms with van der Waals surface area (Å²) < 4.78 is 5.90. The van der Waals surface area contributed by atoms with Gasteiger partial charge in [-0.3, -0.25) is 9.59 Å². The minimum Gasteiger partial charge on any atom is -0.462 e. The van der Waals surface area contributed by atoms with Gasteiger partial charge in [-0.05, 0) is 70.6 Å². The summed E-state index contributed by atoms with van der Waals surface area (Å²) in [4.78, 5) is 26.0. The average molecular weight is 804 g/mol. The molecule has 0 heterocycles. The van der Waals surface area contributed by atoms with E-state index in [1.807, 2.05) is 0 Å². The molecule has 1 amide bonds. The maximum atomic E-state index is 13.1. The molecule has 6 nitrogen and oxygen atoms in total. The fourth-order valence-corrected chi connectivity index (χ4v) is 7.64. The van der Waals surface area contributed by atoms with Crippen molar-refractivity contribution in [2.45, 2.75) is 283 Å². The molecular formula is C51H97NO5. The third-order valence-electron chi connectivity index (χ3n) is 11.5. The van der Waals surface area contributed by atoms with Crippen molar-refractivity contribution in [3.63, 3.8) is 0 Å². The fraction of sp³-hybridized carbons (Fsp3) is 0.882. The summed E-state index contributed by atoms with van der Waals surface area (Å²) in [6, 6.07) is -0.702. The molecule has 0 fully saturated rings. The zero-order chi connectivity index (χ0) is 41.7. The van der Waals surface area contributed by atoms with Gasteiger partial charge in [-0.25, -0.2) is 0 Å². The highest BCUT2D eigenvalue weighted by Gasteiger charge is 2.24. The minimum atomic E-state index is -0.787. The molecule has 3 unspecified atom stereocenters. The predicted octanol–water partition coefficient (Wildman–Crippen LogP) is 14.7. The predicted molar refractivity (Wildman–Crippen MR) is 246 cm³/mol. The first-order valence-corrected chi connectivity index (χ1v) is 25.1. The van der Waals surface area contributed by atoms with Crippen molar-refractivity contribution in [1.29, 1.82) is 0 Å². The maximum absolute atomic E-state index is 13.1. The molecule has 3 N–H and O–H groups in total. The molecule has 0 aromatic heterocycles. The van der Waals surface area contributed by atoms with Crippen LogP contribution in [0.2, 0.25) is 0 Å². The number of allylic oxidation sites excluding steroid dienone is 4. The summed E-state index contributed by atoms with van der Waals surface area (Å²) >= 11 is 0. The summed E-state index contributed by atoms with van der Waals surface area (Å²) in [5.41, 5.74) is 0. The average Bonchev–Trinajstić information content (AvgIpc) is 3.20. The molecule has 0 saturated carbocycles. The molecule has 0 spiro atoms. The molecule has 0 saturated heterocycles. The van der Waals surface area contributed by atoms with Gasteiger partial charge in [-0.1, -0.05) is 206 Å². The van der Waals surface area contributed by atoms with E-state index in [1.165, 1.54) is 154 Å². The SMILES string of the molecule is CCCC/C=C\CCCCCC(CC(=O)NC(CO)C(O)CCCCCCCCCCCCCCCC)OC(=O)CCCCCCCCC/C=C\CCCCCC. The largest absolute Gasteiger partial charge is 0.462 e. The molecule has 0 aromatic rings. The standard InChI is InChI=1S/C51H97NO5/c1-4-7-10-13-16-19-21-23-25-27-29-32-35-38-41-44-51(56)57-47(42-39-36-33-30-18-15-12-9-6-3)45-50(55)52-48(46-53)49(54)43-40-37-34-31-28-26-24-22-20-17-14-11-8-5-2/h15,18-19,21,47-49,53-54H,4-14,16-17,20,22-46H2,1-3H3,(H,52,55)/b18-15-,21-19-. The Morgan fingerprint density at radius 1 is 0.491 bits per heavy atom. The lowest BCUT2D eigenvalue weighted by Crippen LogP contribution is -2.46. The molecular weight excluding hydrogens is 707 g/mol. The molecule has 6 heteroatoms. The highest BCUT2D eigenvalue weighted by atomic mass is 16.5. The number of carbonyl (C=O) groups is 2. The first kappa shape index (κ1) is 55.3. The highest BCUT2D eigenvalue weighted by molar-refractivity contribution is 5.77. The van der Waals surface area contributed by atoms with E-state index in [4.69, 9.17) is 4.74 Å². The first-order valence-electron chi connectivity index (χ1n) is 25.1. The number of ether oxygens (including phenoxy) is 1. The lowest BCUT2D eigenvalue weighted by molar-refractivity contribution is -0.151. The van der Waals surface area contributed by atoms with Crippen molar-refractivity contribution in [1.82, 2.24) is 5.32 Å². The summed E-state index contributed by atoms with van der Waals surface area (Å²) in [7, 11) is 0. The van der Waals surface area contributed by atoms with Crippen LogP contribution in [0.25, 0.3) is 0 Å². The Labute approximate surface area is 354 Å². The lowest BCUT2D eigenvalue weighted by atomic mass is 10.0. The van der Waals surface area contributed by atoms with Gasteiger partial charge in [0.2, 0.25) is 5.91 Å². The Kier molecular flexibility index (Phi) is 44.1. The van der Waals surface area contributed by atoms with Gasteiger partial charge in [-0.15, -0.1) is 0 Å². The van der Waals surface area contributed by atoms with Crippen LogP contribution < -0.4 is 5.32 Å². The van der Waals surface area contributed by atoms with E-state index < -0.39 is 18.2 Å². The van der Waals surface area contributed by atoms with E-state index in [-0.39, 0.29) is 24.9 Å². The third-order valence-corrected chi connectivity index (χ3v) is 11.5. The van der Waals surface area contributed by atoms with Crippen LogP contribution in [0.1, 0.15) is 265 Å². The van der Waals surface area contributed by atoms with Gasteiger partial charge >= 0.3 is 5.97 Å². The molecule has 0 bridgehead atoms. The van der Waals surface area contributed by atoms with Gasteiger partial charge in [0, 0.05) is 6.42 Å². The van der Waals surface area contributed by atoms with Crippen molar-refractivity contribution in [3.8, 4) is 0 Å². The van der Waals surface area contributed by atoms with E-state index in [0.29, 0.717) is 19.3 Å². The van der Waals surface area contributed by atoms with Crippen molar-refractivity contribution in [2.75, 3.05) is 6.61 Å². The number of amides is 1. The van der Waals surface area contributed by atoms with E-state index >= 15 is 0 Å². The smallest absolute Gasteiger partial charge is 0.306 e. The van der Waals surface area contributed by atoms with Crippen LogP contribution >= 0.6 is 0 Å². The van der Waals surface area contributed by atoms with Gasteiger partial charge in [0.05, 0.1) is 25.2 Å². The van der Waals surface area contributed by atoms with E-state index in [9.17, 15) is 19.8 Å². The number of aliphatic hydroxyl groups is 2. The molecule has 3 atom stereocenters. The van der Waals surface area contributed by atoms with Crippen LogP contribution in [0.4, 0.5) is 0 Å². The van der Waals surface area contributed by atoms with Crippen LogP contribution in [0.5, 0.6) is 0 Å². The quantitative estimate of drug-likeness (QED) is 0.0324. The number of rotatable bonds is 45. The Hall–Kier alpha value is -1.66. The summed E-state index contributed by atoms with van der Waals surface area (Å²) in [6.07, 6.45) is 51.0. The zero-order valence-electron chi connectivity index (χ0n) is 38.2. The third kappa shape index (κ3) is 40.9. The first-order chi connectivity index (χ1) is 28.0. The topological polar surface area (TPSA) is 95.9 Å². The Morgan fingerprint density at radius 3 is 1.33 bits per heavy atom. The summed E-state index contributed by atoms with van der Waals surface area (Å²) in [5.74, 6) is -0.488. The van der Waals surface area contributed by atoms with Crippen LogP contribution in [0.15, 0.2) is 24.3 Å². The second kappa shape index (κ2) is 45.4. The number of esters is 1. The molecule has 0 radical (unpaired) electrons. The number of hydrogen-bond acceptors (Lipinski definition) is 5. The van der Waals surface area contributed by atoms with Crippen molar-refractivity contribution < 1.29 is 24.5 Å². The summed E-state index contributed by atoms with van der Waals surface area (Å²) in [6.45, 7) is 6.43. The fourth-order valence-electron chi connectivity index (χ4n) is 7.64. The van der Waals surface area contributed by atoms with E-state index in [0.717, 1.165) is 64.2 Å². The molecule has 0 aliphatic rings. The van der Waals surface area contributed by atoms with Crippen LogP contribution in [-0.2, 0) is 14.3 Å². The minimum absolute atomic E-state index is 0.0682. The monoisotopic (exact) mass is 804 g/mol. The maximum Gasteiger partial charge on any atom is 0.306 e. The Morgan fingerprint density at radius 2 is 0.860 bits per heavy atom. The van der Waals surface area contributed by atoms with Crippen LogP contribution in [0.3, 0.4) is 0 Å². The van der Waals surface area contributed by atoms with Gasteiger partial charge < -0.3 is 20.3 Å². The van der Waals surface area contributed by atoms with E-state index in [1.54, 1.807) is 0 Å². The van der Waals surface area contributed by atoms with Gasteiger partial charge in [0.1, 0.15) is 6.10 Å². The Bertz CT molecular complexity index is 904. The number of nitrogens with one attached hydrogen (secondary N) is 1. The van der Waals surface area contributed by atoms with Gasteiger partial charge in [0.15, 0.2) is 0 Å². The summed E-state index contributed by atoms with van der Waals surface area (Å²) in [5, 5.41) is 23.7. The molecule has 0 aromatic carbocycles. The number of unbranched alkanes of at least 4 members (excludes halogenated alkanes) is 29. The molecule has 0 aliphatic carbocycles. The molecule has 336 valence electrons. The van der Waals surface area contributed by atoms with Crippen LogP contribution in [0, 0.1) is 0 Å². The zero-order valence-corrected chi connectivity index (χ0v) is 38.2. The van der Waals surface area contributed by atoms with E-state index in [2.05, 4.69) is 50.4 Å². The van der Waals surface area contributed by atoms with Crippen molar-refractivity contribution in [3.05, 3.63) is 24.3 Å². The number of hydrogen-bond donors (Lipinski definition) is 3. The number of carbonyl (C=O) groups excluding carboxylic acids is 2. The van der Waals surface area contributed by atoms with Crippen molar-refractivity contribution >= 4 is 11.9 Å².